The second-order valence-corrected chi connectivity index (χ2v) is 10.2. The zero-order valence-corrected chi connectivity index (χ0v) is 15.6. The fraction of sp³-hybridized carbons (Fsp3) is 0.533. The molecule has 0 aromatic heterocycles. The van der Waals surface area contributed by atoms with Crippen molar-refractivity contribution >= 4 is 25.6 Å². The minimum Gasteiger partial charge on any atom is -0.354 e. The van der Waals surface area contributed by atoms with E-state index in [1.165, 1.54) is 38.5 Å². The molecule has 1 atom stereocenters. The fourth-order valence-electron chi connectivity index (χ4n) is 2.54. The lowest BCUT2D eigenvalue weighted by atomic mass is 10.2. The van der Waals surface area contributed by atoms with E-state index in [2.05, 4.69) is 5.32 Å². The Bertz CT molecular complexity index is 812. The van der Waals surface area contributed by atoms with Crippen LogP contribution >= 0.6 is 0 Å². The lowest BCUT2D eigenvalue weighted by Crippen LogP contribution is -2.34. The number of ether oxygens (including phenoxy) is 2. The zero-order valence-electron chi connectivity index (χ0n) is 14.0. The van der Waals surface area contributed by atoms with Crippen molar-refractivity contribution in [2.45, 2.75) is 22.9 Å². The van der Waals surface area contributed by atoms with Crippen LogP contribution in [0, 0.1) is 0 Å². The summed E-state index contributed by atoms with van der Waals surface area (Å²) < 4.78 is 57.9. The maximum atomic E-state index is 12.5. The summed E-state index contributed by atoms with van der Waals surface area (Å²) in [5, 5.41) is 1.68. The summed E-state index contributed by atoms with van der Waals surface area (Å²) in [7, 11) is -4.14. The van der Waals surface area contributed by atoms with Crippen LogP contribution in [0.2, 0.25) is 0 Å². The predicted molar refractivity (Wildman–Crippen MR) is 90.8 cm³/mol. The summed E-state index contributed by atoms with van der Waals surface area (Å²) in [5.41, 5.74) is 0.281. The third kappa shape index (κ3) is 4.78. The van der Waals surface area contributed by atoms with Gasteiger partial charge in [-0.1, -0.05) is 0 Å². The van der Waals surface area contributed by atoms with Gasteiger partial charge in [0, 0.05) is 19.8 Å². The van der Waals surface area contributed by atoms with Gasteiger partial charge in [-0.25, -0.2) is 16.8 Å². The summed E-state index contributed by atoms with van der Waals surface area (Å²) in [5.74, 6) is -0.864. The smallest absolute Gasteiger partial charge is 0.251 e. The molecule has 0 aliphatic carbocycles. The molecule has 25 heavy (non-hydrogen) atoms. The van der Waals surface area contributed by atoms with E-state index in [4.69, 9.17) is 9.47 Å². The van der Waals surface area contributed by atoms with E-state index < -0.39 is 37.1 Å². The number of amides is 1. The van der Waals surface area contributed by atoms with Crippen molar-refractivity contribution in [2.75, 3.05) is 32.3 Å². The van der Waals surface area contributed by atoms with E-state index in [0.29, 0.717) is 0 Å². The van der Waals surface area contributed by atoms with E-state index in [-0.39, 0.29) is 34.9 Å². The number of sulfone groups is 2. The summed E-state index contributed by atoms with van der Waals surface area (Å²) >= 11 is 0. The molecule has 0 spiro atoms. The average Bonchev–Trinajstić information content (AvgIpc) is 2.96. The standard InChI is InChI=1S/C15H21NO7S2/c1-22-14(23-2)9-16-15(17)11-3-5-12(6-4-11)25(20,21)13-7-8-24(18,19)10-13/h3-6,13-14H,7-10H2,1-2H3,(H,16,17). The van der Waals surface area contributed by atoms with Gasteiger partial charge in [0.05, 0.1) is 28.2 Å². The van der Waals surface area contributed by atoms with Gasteiger partial charge >= 0.3 is 0 Å². The normalized spacial score (nSPS) is 19.9. The highest BCUT2D eigenvalue weighted by molar-refractivity contribution is 7.96. The Morgan fingerprint density at radius 3 is 2.32 bits per heavy atom. The molecule has 1 saturated heterocycles. The van der Waals surface area contributed by atoms with E-state index >= 15 is 0 Å². The van der Waals surface area contributed by atoms with Crippen molar-refractivity contribution in [3.63, 3.8) is 0 Å². The van der Waals surface area contributed by atoms with E-state index in [9.17, 15) is 21.6 Å². The number of carbonyl (C=O) groups is 1. The van der Waals surface area contributed by atoms with Crippen LogP contribution in [0.15, 0.2) is 29.2 Å². The Hall–Kier alpha value is -1.49. The highest BCUT2D eigenvalue weighted by Crippen LogP contribution is 2.25. The molecule has 140 valence electrons. The first kappa shape index (κ1) is 19.8. The Morgan fingerprint density at radius 1 is 1.24 bits per heavy atom. The van der Waals surface area contributed by atoms with Gasteiger partial charge in [-0.15, -0.1) is 0 Å². The number of carbonyl (C=O) groups excluding carboxylic acids is 1. The van der Waals surface area contributed by atoms with Crippen LogP contribution < -0.4 is 5.32 Å². The molecule has 1 aromatic rings. The van der Waals surface area contributed by atoms with Crippen LogP contribution in [0.4, 0.5) is 0 Å². The van der Waals surface area contributed by atoms with Gasteiger partial charge in [0.2, 0.25) is 0 Å². The molecule has 2 rings (SSSR count). The van der Waals surface area contributed by atoms with Crippen LogP contribution in [0.1, 0.15) is 16.8 Å². The Balaban J connectivity index is 2.08. The monoisotopic (exact) mass is 391 g/mol. The third-order valence-electron chi connectivity index (χ3n) is 4.03. The van der Waals surface area contributed by atoms with E-state index in [0.717, 1.165) is 0 Å². The molecule has 0 bridgehead atoms. The van der Waals surface area contributed by atoms with Gasteiger partial charge in [0.15, 0.2) is 26.0 Å². The summed E-state index contributed by atoms with van der Waals surface area (Å²) in [6.45, 7) is 0.145. The minimum absolute atomic E-state index is 0.0119. The van der Waals surface area contributed by atoms with Gasteiger partial charge in [0.1, 0.15) is 0 Å². The Kier molecular flexibility index (Phi) is 6.20. The molecule has 1 aliphatic heterocycles. The number of nitrogens with one attached hydrogen (secondary N) is 1. The van der Waals surface area contributed by atoms with Crippen molar-refractivity contribution in [1.29, 1.82) is 0 Å². The Morgan fingerprint density at radius 2 is 1.84 bits per heavy atom. The number of hydrogen-bond donors (Lipinski definition) is 1. The third-order valence-corrected chi connectivity index (χ3v) is 8.22. The van der Waals surface area contributed by atoms with Crippen LogP contribution in [0.3, 0.4) is 0 Å². The maximum Gasteiger partial charge on any atom is 0.251 e. The summed E-state index contributed by atoms with van der Waals surface area (Å²) in [4.78, 5) is 12.0. The first-order valence-electron chi connectivity index (χ1n) is 7.58. The minimum atomic E-state index is -3.74. The molecule has 0 radical (unpaired) electrons. The predicted octanol–water partition coefficient (Wildman–Crippen LogP) is -0.00390. The fourth-order valence-corrected chi connectivity index (χ4v) is 6.89. The molecule has 1 heterocycles. The molecular formula is C15H21NO7S2. The number of methoxy groups -OCH3 is 2. The lowest BCUT2D eigenvalue weighted by molar-refractivity contribution is -0.0974. The number of benzene rings is 1. The van der Waals surface area contributed by atoms with E-state index in [1.807, 2.05) is 0 Å². The van der Waals surface area contributed by atoms with Crippen LogP contribution in [0.25, 0.3) is 0 Å². The van der Waals surface area contributed by atoms with Crippen molar-refractivity contribution in [1.82, 2.24) is 5.32 Å². The second kappa shape index (κ2) is 7.81. The van der Waals surface area contributed by atoms with Crippen molar-refractivity contribution in [3.05, 3.63) is 29.8 Å². The van der Waals surface area contributed by atoms with Crippen LogP contribution in [-0.2, 0) is 29.1 Å². The highest BCUT2D eigenvalue weighted by atomic mass is 32.2. The molecule has 1 fully saturated rings. The number of rotatable bonds is 7. The Labute approximate surface area is 147 Å². The molecule has 0 saturated carbocycles. The van der Waals surface area contributed by atoms with E-state index in [1.54, 1.807) is 0 Å². The van der Waals surface area contributed by atoms with Gasteiger partial charge in [-0.3, -0.25) is 4.79 Å². The SMILES string of the molecule is COC(CNC(=O)c1ccc(S(=O)(=O)C2CCS(=O)(=O)C2)cc1)OC. The van der Waals surface area contributed by atoms with Crippen LogP contribution in [0.5, 0.6) is 0 Å². The molecule has 1 unspecified atom stereocenters. The quantitative estimate of drug-likeness (QED) is 0.650. The van der Waals surface area contributed by atoms with Gasteiger partial charge in [0.25, 0.3) is 5.91 Å². The van der Waals surface area contributed by atoms with Gasteiger partial charge < -0.3 is 14.8 Å². The molecule has 1 amide bonds. The first-order valence-corrected chi connectivity index (χ1v) is 10.9. The van der Waals surface area contributed by atoms with Gasteiger partial charge in [-0.2, -0.15) is 0 Å². The van der Waals surface area contributed by atoms with Crippen molar-refractivity contribution in [3.8, 4) is 0 Å². The highest BCUT2D eigenvalue weighted by Gasteiger charge is 2.37. The molecule has 1 N–H and O–H groups in total. The summed E-state index contributed by atoms with van der Waals surface area (Å²) in [6.07, 6.45) is -0.476. The first-order chi connectivity index (χ1) is 11.7. The average molecular weight is 391 g/mol. The van der Waals surface area contributed by atoms with Crippen LogP contribution in [-0.4, -0.2) is 66.6 Å². The molecular weight excluding hydrogens is 370 g/mol. The largest absolute Gasteiger partial charge is 0.354 e. The van der Waals surface area contributed by atoms with Crippen molar-refractivity contribution in [2.24, 2.45) is 0 Å². The van der Waals surface area contributed by atoms with Crippen molar-refractivity contribution < 1.29 is 31.1 Å². The van der Waals surface area contributed by atoms with Gasteiger partial charge in [-0.05, 0) is 30.7 Å². The molecule has 8 nitrogen and oxygen atoms in total. The number of hydrogen-bond acceptors (Lipinski definition) is 7. The lowest BCUT2D eigenvalue weighted by Gasteiger charge is -2.14. The maximum absolute atomic E-state index is 12.5. The molecule has 1 aliphatic rings. The molecule has 10 heteroatoms. The molecule has 1 aromatic carbocycles. The second-order valence-electron chi connectivity index (χ2n) is 5.71. The summed E-state index contributed by atoms with van der Waals surface area (Å²) in [6, 6.07) is 5.42. The topological polar surface area (TPSA) is 116 Å². The zero-order chi connectivity index (χ0) is 18.7.